The number of nitrogens with zero attached hydrogens (tertiary/aromatic N) is 4. The zero-order valence-electron chi connectivity index (χ0n) is 24.2. The Hall–Kier alpha value is -5.48. The van der Waals surface area contributed by atoms with Crippen molar-refractivity contribution >= 4 is 32.8 Å². The SMILES string of the molecule is [2H]C([2H])(c1cccc(-n2c[n+](-c3ccccc3)c3ccccc32)c1)c1ccc2c3ccccc3n(-c3ccccn3)c2c1. The standard InChI is InChI=1S/C37H27N4/c1-2-12-29(13-3-1)39-26-40(35-18-7-6-17-34(35)39)30-14-10-11-27(24-30)23-28-20-21-32-31-15-4-5-16-33(31)41(36(32)25-28)37-19-8-9-22-38-37/h1-22,24-26H,23H2/q+1/i23D2. The van der Waals surface area contributed by atoms with Crippen LogP contribution in [-0.2, 0) is 6.37 Å². The summed E-state index contributed by atoms with van der Waals surface area (Å²) in [6.07, 6.45) is 2.12. The molecular weight excluding hydrogens is 500 g/mol. The van der Waals surface area contributed by atoms with Gasteiger partial charge in [0.05, 0.1) is 11.0 Å². The molecule has 5 aromatic carbocycles. The van der Waals surface area contributed by atoms with Gasteiger partial charge < -0.3 is 0 Å². The average Bonchev–Trinajstić information content (AvgIpc) is 3.62. The van der Waals surface area contributed by atoms with Gasteiger partial charge in [-0.05, 0) is 78.2 Å². The van der Waals surface area contributed by atoms with Gasteiger partial charge in [-0.3, -0.25) is 4.57 Å². The third-order valence-corrected chi connectivity index (χ3v) is 7.63. The van der Waals surface area contributed by atoms with Gasteiger partial charge in [-0.25, -0.2) is 4.98 Å². The molecule has 0 aliphatic rings. The van der Waals surface area contributed by atoms with Gasteiger partial charge in [0, 0.05) is 19.7 Å². The maximum absolute atomic E-state index is 9.38. The number of fused-ring (bicyclic) bond motifs is 4. The second kappa shape index (κ2) is 9.61. The molecule has 8 rings (SSSR count). The monoisotopic (exact) mass is 529 g/mol. The van der Waals surface area contributed by atoms with Crippen molar-refractivity contribution in [2.75, 3.05) is 0 Å². The van der Waals surface area contributed by atoms with Crippen LogP contribution in [0.15, 0.2) is 152 Å². The molecule has 0 amide bonds. The minimum absolute atomic E-state index is 0.592. The van der Waals surface area contributed by atoms with Gasteiger partial charge >= 0.3 is 0 Å². The maximum atomic E-state index is 9.38. The van der Waals surface area contributed by atoms with Crippen LogP contribution >= 0.6 is 0 Å². The fourth-order valence-corrected chi connectivity index (χ4v) is 5.79. The molecule has 0 spiro atoms. The van der Waals surface area contributed by atoms with Gasteiger partial charge in [-0.15, -0.1) is 0 Å². The zero-order chi connectivity index (χ0) is 29.0. The predicted molar refractivity (Wildman–Crippen MR) is 166 cm³/mol. The third-order valence-electron chi connectivity index (χ3n) is 7.63. The van der Waals surface area contributed by atoms with Crippen molar-refractivity contribution in [1.82, 2.24) is 14.1 Å². The summed E-state index contributed by atoms with van der Waals surface area (Å²) in [4.78, 5) is 4.63. The van der Waals surface area contributed by atoms with Crippen LogP contribution in [0.2, 0.25) is 0 Å². The fraction of sp³-hybridized carbons (Fsp3) is 0.0270. The van der Waals surface area contributed by atoms with Gasteiger partial charge in [0.2, 0.25) is 0 Å². The topological polar surface area (TPSA) is 26.6 Å². The number of pyridine rings is 1. The molecule has 8 aromatic rings. The number of para-hydroxylation sites is 4. The van der Waals surface area contributed by atoms with E-state index in [0.29, 0.717) is 11.1 Å². The molecule has 0 aliphatic carbocycles. The molecule has 0 aliphatic heterocycles. The largest absolute Gasteiger partial charge is 0.294 e. The molecule has 0 saturated heterocycles. The van der Waals surface area contributed by atoms with Gasteiger partial charge in [0.1, 0.15) is 17.2 Å². The Bertz CT molecular complexity index is 2270. The molecule has 3 heterocycles. The van der Waals surface area contributed by atoms with E-state index < -0.39 is 6.37 Å². The van der Waals surface area contributed by atoms with Gasteiger partial charge in [-0.1, -0.05) is 78.9 Å². The van der Waals surface area contributed by atoms with E-state index >= 15 is 0 Å². The summed E-state index contributed by atoms with van der Waals surface area (Å²) in [6, 6.07) is 46.4. The molecule has 0 atom stereocenters. The van der Waals surface area contributed by atoms with E-state index in [-0.39, 0.29) is 0 Å². The Balaban J connectivity index is 1.27. The minimum Gasteiger partial charge on any atom is -0.294 e. The summed E-state index contributed by atoms with van der Waals surface area (Å²) >= 11 is 0. The second-order valence-electron chi connectivity index (χ2n) is 10.1. The number of aromatic nitrogens is 4. The molecule has 0 radical (unpaired) electrons. The van der Waals surface area contributed by atoms with E-state index in [9.17, 15) is 2.74 Å². The van der Waals surface area contributed by atoms with Gasteiger partial charge in [0.15, 0.2) is 11.0 Å². The number of benzene rings is 5. The first kappa shape index (κ1) is 21.4. The van der Waals surface area contributed by atoms with Crippen LogP contribution in [0.1, 0.15) is 13.9 Å². The molecule has 3 aromatic heterocycles. The highest BCUT2D eigenvalue weighted by molar-refractivity contribution is 6.09. The smallest absolute Gasteiger partial charge is 0.255 e. The highest BCUT2D eigenvalue weighted by Gasteiger charge is 2.19. The van der Waals surface area contributed by atoms with Crippen LogP contribution in [0.5, 0.6) is 0 Å². The Labute approximate surface area is 240 Å². The van der Waals surface area contributed by atoms with Crippen LogP contribution in [0.25, 0.3) is 50.0 Å². The number of imidazole rings is 1. The first-order valence-corrected chi connectivity index (χ1v) is 13.7. The quantitative estimate of drug-likeness (QED) is 0.208. The lowest BCUT2D eigenvalue weighted by Crippen LogP contribution is -2.28. The summed E-state index contributed by atoms with van der Waals surface area (Å²) in [5, 5.41) is 2.18. The highest BCUT2D eigenvalue weighted by Crippen LogP contribution is 2.32. The maximum Gasteiger partial charge on any atom is 0.255 e. The van der Waals surface area contributed by atoms with E-state index in [1.807, 2.05) is 103 Å². The molecule has 4 nitrogen and oxygen atoms in total. The molecule has 0 bridgehead atoms. The van der Waals surface area contributed by atoms with Crippen molar-refractivity contribution in [3.8, 4) is 17.2 Å². The third kappa shape index (κ3) is 4.00. The summed E-state index contributed by atoms with van der Waals surface area (Å²) in [6.45, 7) is 0. The van der Waals surface area contributed by atoms with Crippen LogP contribution in [-0.4, -0.2) is 14.1 Å². The van der Waals surface area contributed by atoms with E-state index in [4.69, 9.17) is 0 Å². The number of rotatable bonds is 5. The van der Waals surface area contributed by atoms with Crippen LogP contribution in [0, 0.1) is 0 Å². The van der Waals surface area contributed by atoms with E-state index in [1.54, 1.807) is 6.20 Å². The lowest BCUT2D eigenvalue weighted by Gasteiger charge is -2.08. The average molecular weight is 530 g/mol. The highest BCUT2D eigenvalue weighted by atomic mass is 15.1. The Kier molecular flexibility index (Phi) is 5.01. The van der Waals surface area contributed by atoms with Gasteiger partial charge in [-0.2, -0.15) is 9.13 Å². The van der Waals surface area contributed by atoms with Crippen molar-refractivity contribution in [3.63, 3.8) is 0 Å². The molecule has 194 valence electrons. The molecule has 41 heavy (non-hydrogen) atoms. The van der Waals surface area contributed by atoms with E-state index in [0.717, 1.165) is 50.0 Å². The Morgan fingerprint density at radius 3 is 2.24 bits per heavy atom. The van der Waals surface area contributed by atoms with Crippen molar-refractivity contribution in [2.24, 2.45) is 0 Å². The summed E-state index contributed by atoms with van der Waals surface area (Å²) in [5.74, 6) is 0.805. The Morgan fingerprint density at radius 1 is 0.610 bits per heavy atom. The second-order valence-corrected chi connectivity index (χ2v) is 10.1. The number of hydrogen-bond donors (Lipinski definition) is 0. The van der Waals surface area contributed by atoms with Crippen molar-refractivity contribution in [2.45, 2.75) is 6.37 Å². The normalized spacial score (nSPS) is 12.6. The van der Waals surface area contributed by atoms with Crippen molar-refractivity contribution in [3.05, 3.63) is 163 Å². The molecular formula is C37H27N4+. The molecule has 0 saturated carbocycles. The molecule has 0 fully saturated rings. The summed E-state index contributed by atoms with van der Waals surface area (Å²) in [5.41, 5.74) is 7.25. The van der Waals surface area contributed by atoms with Crippen LogP contribution < -0.4 is 4.57 Å². The first-order valence-electron chi connectivity index (χ1n) is 14.7. The molecule has 4 heteroatoms. The van der Waals surface area contributed by atoms with E-state index in [2.05, 4.69) is 61.4 Å². The van der Waals surface area contributed by atoms with Crippen molar-refractivity contribution < 1.29 is 7.31 Å². The predicted octanol–water partition coefficient (Wildman–Crippen LogP) is 7.99. The summed E-state index contributed by atoms with van der Waals surface area (Å²) < 4.78 is 25.2. The van der Waals surface area contributed by atoms with Gasteiger partial charge in [0.25, 0.3) is 6.33 Å². The number of hydrogen-bond acceptors (Lipinski definition) is 1. The van der Waals surface area contributed by atoms with Crippen LogP contribution in [0.4, 0.5) is 0 Å². The Morgan fingerprint density at radius 2 is 1.37 bits per heavy atom. The van der Waals surface area contributed by atoms with Crippen LogP contribution in [0.3, 0.4) is 0 Å². The minimum atomic E-state index is -1.74. The molecule has 0 N–H and O–H groups in total. The molecule has 0 unspecified atom stereocenters. The first-order chi connectivity index (χ1) is 21.1. The van der Waals surface area contributed by atoms with E-state index in [1.165, 1.54) is 0 Å². The fourth-order valence-electron chi connectivity index (χ4n) is 5.79. The van der Waals surface area contributed by atoms with Crippen molar-refractivity contribution in [1.29, 1.82) is 0 Å². The summed E-state index contributed by atoms with van der Waals surface area (Å²) in [7, 11) is 0. The lowest BCUT2D eigenvalue weighted by molar-refractivity contribution is -0.567. The lowest BCUT2D eigenvalue weighted by atomic mass is 10.0. The zero-order valence-corrected chi connectivity index (χ0v) is 22.2.